The van der Waals surface area contributed by atoms with Crippen molar-refractivity contribution in [2.45, 2.75) is 290 Å². The van der Waals surface area contributed by atoms with Crippen LogP contribution in [0, 0.1) is 0 Å². The van der Waals surface area contributed by atoms with Crippen LogP contribution in [0.15, 0.2) is 0 Å². The maximum atomic E-state index is 10.1. The van der Waals surface area contributed by atoms with E-state index in [0.717, 1.165) is 96.3 Å². The van der Waals surface area contributed by atoms with E-state index in [1.165, 1.54) is 96.3 Å². The maximum absolute atomic E-state index is 10.1. The van der Waals surface area contributed by atoms with E-state index in [-0.39, 0.29) is 27.9 Å². The fourth-order valence-corrected chi connectivity index (χ4v) is 6.18. The Morgan fingerprint density at radius 2 is 0.373 bits per heavy atom. The average Bonchev–Trinajstić information content (AvgIpc) is 3.27. The third kappa shape index (κ3) is 73.0. The van der Waals surface area contributed by atoms with Crippen LogP contribution in [0.3, 0.4) is 0 Å². The number of rotatable bonds is 40. The molecule has 0 radical (unpaired) electrons. The maximum Gasteiger partial charge on any atom is 4.00 e. The first-order chi connectivity index (χ1) is 30.9. The van der Waals surface area contributed by atoms with Crippen LogP contribution in [-0.2, 0) is 45.7 Å². The molecule has 398 valence electrons. The third-order valence-corrected chi connectivity index (χ3v) is 10.5. The van der Waals surface area contributed by atoms with Gasteiger partial charge in [0.15, 0.2) is 0 Å². The van der Waals surface area contributed by atoms with Gasteiger partial charge in [-0.2, -0.15) is 0 Å². The molecule has 0 rings (SSSR count). The molecule has 0 aliphatic rings. The summed E-state index contributed by atoms with van der Waals surface area (Å²) in [4.78, 5) is 50.5. The molecule has 0 aliphatic heterocycles. The predicted molar refractivity (Wildman–Crippen MR) is 251 cm³/mol. The average molecular weight is 1000 g/mol. The number of hydrogen-bond donors (Lipinski definition) is 6. The Hall–Kier alpha value is -2.18. The molecule has 0 fully saturated rings. The van der Waals surface area contributed by atoms with E-state index in [2.05, 4.69) is 34.6 Å². The monoisotopic (exact) mass is 1000 g/mol. The van der Waals surface area contributed by atoms with E-state index in [4.69, 9.17) is 25.5 Å². The molecule has 0 heterocycles. The molecule has 0 bridgehead atoms. The van der Waals surface area contributed by atoms with Crippen molar-refractivity contribution in [3.8, 4) is 0 Å². The van der Waals surface area contributed by atoms with Gasteiger partial charge in [-0.3, -0.25) is 0 Å². The minimum absolute atomic E-state index is 0. The second-order valence-corrected chi connectivity index (χ2v) is 17.0. The molecule has 16 nitrogen and oxygen atoms in total. The Labute approximate surface area is 421 Å². The Bertz CT molecular complexity index is 871. The molecule has 17 heteroatoms. The van der Waals surface area contributed by atoms with Gasteiger partial charge in [-0.25, -0.2) is 0 Å². The fourth-order valence-electron chi connectivity index (χ4n) is 6.18. The zero-order chi connectivity index (χ0) is 50.5. The first-order valence-corrected chi connectivity index (χ1v) is 25.4. The summed E-state index contributed by atoms with van der Waals surface area (Å²) in [5, 5.41) is 94.9. The normalized spacial score (nSPS) is 12.4. The standard InChI is InChI=1S/5C10H20O3.H3N.Ti/c5*1-2-3-4-5-6-7-8-9(11)10(12)13;;/h5*9,11H,2-8H2,1H3,(H,12,13);1H3;/q;;;;;;+4/p-4. The molecule has 9 N–H and O–H groups in total. The van der Waals surface area contributed by atoms with Gasteiger partial charge >= 0.3 is 21.7 Å². The number of aliphatic hydroxyl groups is 5. The van der Waals surface area contributed by atoms with E-state index in [0.29, 0.717) is 32.1 Å². The summed E-state index contributed by atoms with van der Waals surface area (Å²) in [6.45, 7) is 10.8. The predicted octanol–water partition coefficient (Wildman–Crippen LogP) is 4.61. The molecule has 5 unspecified atom stereocenters. The minimum Gasteiger partial charge on any atom is -0.547 e. The van der Waals surface area contributed by atoms with Crippen LogP contribution in [0.4, 0.5) is 0 Å². The van der Waals surface area contributed by atoms with Gasteiger partial charge in [0.25, 0.3) is 0 Å². The number of aliphatic carboxylic acids is 5. The Kier molecular flexibility index (Phi) is 75.2. The van der Waals surface area contributed by atoms with Crippen LogP contribution < -0.4 is 31.7 Å². The molecule has 0 aliphatic carbocycles. The van der Waals surface area contributed by atoms with E-state index < -0.39 is 60.4 Å². The van der Waals surface area contributed by atoms with Crippen molar-refractivity contribution in [3.63, 3.8) is 0 Å². The zero-order valence-corrected chi connectivity index (χ0v) is 44.5. The smallest absolute Gasteiger partial charge is 0.547 e. The number of carbonyl (C=O) groups is 5. The summed E-state index contributed by atoms with van der Waals surface area (Å²) < 4.78 is 0. The van der Waals surface area contributed by atoms with Crippen LogP contribution in [-0.4, -0.2) is 85.9 Å². The number of carboxylic acids is 5. The first-order valence-electron chi connectivity index (χ1n) is 25.4. The van der Waals surface area contributed by atoms with Crippen LogP contribution in [0.1, 0.15) is 259 Å². The summed E-state index contributed by atoms with van der Waals surface area (Å²) in [7, 11) is 0. The van der Waals surface area contributed by atoms with Crippen LogP contribution >= 0.6 is 0 Å². The molecule has 0 aromatic rings. The van der Waals surface area contributed by atoms with Crippen molar-refractivity contribution < 1.29 is 96.8 Å². The number of carbonyl (C=O) groups excluding carboxylic acids is 5. The van der Waals surface area contributed by atoms with Gasteiger partial charge in [0, 0.05) is 0 Å². The number of aliphatic hydroxyl groups excluding tert-OH is 5. The molecule has 0 aromatic carbocycles. The first kappa shape index (κ1) is 79.0. The topological polar surface area (TPSA) is 338 Å². The number of quaternary nitrogens is 1. The van der Waals surface area contributed by atoms with Crippen molar-refractivity contribution in [2.24, 2.45) is 0 Å². The second-order valence-electron chi connectivity index (χ2n) is 17.0. The second kappa shape index (κ2) is 63.8. The van der Waals surface area contributed by atoms with Crippen molar-refractivity contribution in [1.29, 1.82) is 0 Å². The molecule has 0 spiro atoms. The summed E-state index contributed by atoms with van der Waals surface area (Å²) in [5.74, 6) is -6.77. The fraction of sp³-hybridized carbons (Fsp3) is 0.900. The molecule has 0 saturated heterocycles. The zero-order valence-electron chi connectivity index (χ0n) is 43.0. The van der Waals surface area contributed by atoms with E-state index in [1.807, 2.05) is 0 Å². The minimum atomic E-state index is -1.35. The van der Waals surface area contributed by atoms with Crippen LogP contribution in [0.5, 0.6) is 0 Å². The van der Waals surface area contributed by atoms with Crippen molar-refractivity contribution in [1.82, 2.24) is 6.15 Å². The molecule has 0 amide bonds. The molecular formula is C50H99NO15Ti. The SMILES string of the molecule is CCCCCCCCC(O)C(=O)[O-].CCCCCCCCC(O)C(=O)[O-].CCCCCCCCC(O)C(=O)[O-].CCCCCCCCC(O)C(=O)[O-].CCCCCCCCC(O)C(=O)[O-].[NH4+].[Ti+4]. The molecule has 0 aromatic heterocycles. The van der Waals surface area contributed by atoms with E-state index in [9.17, 15) is 49.5 Å². The van der Waals surface area contributed by atoms with Gasteiger partial charge in [-0.1, -0.05) is 227 Å². The van der Waals surface area contributed by atoms with Gasteiger partial charge in [0.05, 0.1) is 60.4 Å². The third-order valence-electron chi connectivity index (χ3n) is 10.5. The number of carboxylic acid groups (broad SMARTS) is 5. The largest absolute Gasteiger partial charge is 4.00 e. The van der Waals surface area contributed by atoms with Gasteiger partial charge in [-0.05, 0) is 32.1 Å². The van der Waals surface area contributed by atoms with Gasteiger partial charge in [0.2, 0.25) is 0 Å². The molecular weight excluding hydrogens is 902 g/mol. The number of hydrogen-bond acceptors (Lipinski definition) is 15. The molecule has 67 heavy (non-hydrogen) atoms. The van der Waals surface area contributed by atoms with Gasteiger partial charge < -0.3 is 81.2 Å². The van der Waals surface area contributed by atoms with Crippen molar-refractivity contribution in [3.05, 3.63) is 0 Å². The summed E-state index contributed by atoms with van der Waals surface area (Å²) in [6, 6.07) is 0. The van der Waals surface area contributed by atoms with Crippen LogP contribution in [0.2, 0.25) is 0 Å². The molecule has 0 saturated carbocycles. The molecule has 5 atom stereocenters. The summed E-state index contributed by atoms with van der Waals surface area (Å²) >= 11 is 0. The summed E-state index contributed by atoms with van der Waals surface area (Å²) in [5.41, 5.74) is 0. The quantitative estimate of drug-likeness (QED) is 0.0361. The van der Waals surface area contributed by atoms with Crippen molar-refractivity contribution in [2.75, 3.05) is 0 Å². The Morgan fingerprint density at radius 3 is 0.478 bits per heavy atom. The van der Waals surface area contributed by atoms with Gasteiger partial charge in [-0.15, -0.1) is 0 Å². The summed E-state index contributed by atoms with van der Waals surface area (Å²) in [6.07, 6.45) is 28.1. The van der Waals surface area contributed by atoms with E-state index >= 15 is 0 Å². The number of unbranched alkanes of at least 4 members (excludes halogenated alkanes) is 25. The van der Waals surface area contributed by atoms with Crippen molar-refractivity contribution >= 4 is 29.8 Å². The Balaban J connectivity index is -0.000000133. The van der Waals surface area contributed by atoms with Crippen LogP contribution in [0.25, 0.3) is 0 Å². The Morgan fingerprint density at radius 1 is 0.269 bits per heavy atom. The van der Waals surface area contributed by atoms with E-state index in [1.54, 1.807) is 0 Å². The van der Waals surface area contributed by atoms with Gasteiger partial charge in [0.1, 0.15) is 0 Å².